The number of thioether (sulfide) groups is 1. The van der Waals surface area contributed by atoms with Crippen molar-refractivity contribution < 1.29 is 22.7 Å². The van der Waals surface area contributed by atoms with Crippen LogP contribution in [0.25, 0.3) is 0 Å². The van der Waals surface area contributed by atoms with E-state index in [9.17, 15) is 18.0 Å². The number of para-hydroxylation sites is 1. The number of aryl methyl sites for hydroxylation is 1. The zero-order valence-electron chi connectivity index (χ0n) is 21.6. The Labute approximate surface area is 236 Å². The third-order valence-electron chi connectivity index (χ3n) is 6.03. The van der Waals surface area contributed by atoms with Gasteiger partial charge in [-0.1, -0.05) is 60.3 Å². The quantitative estimate of drug-likeness (QED) is 0.245. The molecule has 4 aromatic carbocycles. The minimum absolute atomic E-state index is 0.0954. The number of carbonyl (C=O) groups excluding carboxylic acids is 2. The summed E-state index contributed by atoms with van der Waals surface area (Å²) in [5.74, 6) is -0.494. The van der Waals surface area contributed by atoms with Gasteiger partial charge in [-0.25, -0.2) is 13.3 Å². The van der Waals surface area contributed by atoms with Gasteiger partial charge in [0.15, 0.2) is 0 Å². The minimum Gasteiger partial charge on any atom is -0.495 e. The van der Waals surface area contributed by atoms with Crippen molar-refractivity contribution in [1.82, 2.24) is 0 Å². The number of carbonyl (C=O) groups is 2. The maximum atomic E-state index is 13.7. The monoisotopic (exact) mass is 571 g/mol. The van der Waals surface area contributed by atoms with Crippen molar-refractivity contribution in [2.75, 3.05) is 22.0 Å². The number of amides is 2. The molecule has 0 radical (unpaired) electrons. The van der Waals surface area contributed by atoms with E-state index in [0.29, 0.717) is 27.7 Å². The van der Waals surface area contributed by atoms with Crippen LogP contribution >= 0.6 is 11.8 Å². The SMILES string of the molecule is COc1ccc(C)cc1NC1=C(Sc2cccc(NS(=O)(=O)c3ccccc3)c2)C(=O)N(c2ccccc2)C1=O. The van der Waals surface area contributed by atoms with Gasteiger partial charge in [0.1, 0.15) is 16.4 Å². The molecule has 0 aliphatic carbocycles. The van der Waals surface area contributed by atoms with Gasteiger partial charge in [-0.15, -0.1) is 0 Å². The number of nitrogens with zero attached hydrogens (tertiary/aromatic N) is 1. The van der Waals surface area contributed by atoms with Gasteiger partial charge < -0.3 is 10.1 Å². The lowest BCUT2D eigenvalue weighted by Crippen LogP contribution is -2.32. The van der Waals surface area contributed by atoms with E-state index in [-0.39, 0.29) is 15.5 Å². The summed E-state index contributed by atoms with van der Waals surface area (Å²) < 4.78 is 33.7. The Kier molecular flexibility index (Phi) is 7.63. The molecule has 0 fully saturated rings. The molecule has 8 nitrogen and oxygen atoms in total. The van der Waals surface area contributed by atoms with Crippen molar-refractivity contribution in [3.63, 3.8) is 0 Å². The average molecular weight is 572 g/mol. The van der Waals surface area contributed by atoms with Crippen LogP contribution < -0.4 is 19.7 Å². The highest BCUT2D eigenvalue weighted by Crippen LogP contribution is 2.39. The molecule has 1 aliphatic rings. The highest BCUT2D eigenvalue weighted by atomic mass is 32.2. The fourth-order valence-corrected chi connectivity index (χ4v) is 6.19. The van der Waals surface area contributed by atoms with Crippen LogP contribution in [0.4, 0.5) is 17.1 Å². The Bertz CT molecular complexity index is 1720. The van der Waals surface area contributed by atoms with Gasteiger partial charge in [-0.05, 0) is 67.1 Å². The molecule has 4 aromatic rings. The average Bonchev–Trinajstić information content (AvgIpc) is 3.18. The summed E-state index contributed by atoms with van der Waals surface area (Å²) in [4.78, 5) is 29.3. The lowest BCUT2D eigenvalue weighted by molar-refractivity contribution is -0.120. The van der Waals surface area contributed by atoms with E-state index in [1.165, 1.54) is 19.2 Å². The zero-order chi connectivity index (χ0) is 28.3. The molecule has 40 heavy (non-hydrogen) atoms. The van der Waals surface area contributed by atoms with Crippen LogP contribution in [0.1, 0.15) is 5.56 Å². The lowest BCUT2D eigenvalue weighted by Gasteiger charge is -2.16. The van der Waals surface area contributed by atoms with Crippen LogP contribution in [0.5, 0.6) is 5.75 Å². The number of nitrogens with one attached hydrogen (secondary N) is 2. The molecule has 0 aromatic heterocycles. The van der Waals surface area contributed by atoms with Gasteiger partial charge in [-0.3, -0.25) is 14.3 Å². The normalized spacial score (nSPS) is 13.5. The lowest BCUT2D eigenvalue weighted by atomic mass is 10.2. The van der Waals surface area contributed by atoms with Crippen molar-refractivity contribution in [1.29, 1.82) is 0 Å². The molecular weight excluding hydrogens is 546 g/mol. The largest absolute Gasteiger partial charge is 0.495 e. The minimum atomic E-state index is -3.81. The highest BCUT2D eigenvalue weighted by molar-refractivity contribution is 8.04. The van der Waals surface area contributed by atoms with Crippen molar-refractivity contribution in [3.8, 4) is 5.75 Å². The van der Waals surface area contributed by atoms with Crippen LogP contribution in [0, 0.1) is 6.92 Å². The van der Waals surface area contributed by atoms with E-state index >= 15 is 0 Å². The summed E-state index contributed by atoms with van der Waals surface area (Å²) >= 11 is 1.07. The zero-order valence-corrected chi connectivity index (χ0v) is 23.3. The second-order valence-electron chi connectivity index (χ2n) is 8.86. The third-order valence-corrected chi connectivity index (χ3v) is 8.50. The summed E-state index contributed by atoms with van der Waals surface area (Å²) in [6.07, 6.45) is 0. The second kappa shape index (κ2) is 11.3. The molecule has 202 valence electrons. The molecular formula is C30H25N3O5S2. The smallest absolute Gasteiger partial charge is 0.283 e. The fraction of sp³-hybridized carbons (Fsp3) is 0.0667. The third kappa shape index (κ3) is 5.58. The van der Waals surface area contributed by atoms with E-state index in [1.807, 2.05) is 19.1 Å². The molecule has 1 aliphatic heterocycles. The Morgan fingerprint density at radius 1 is 0.800 bits per heavy atom. The number of hydrogen-bond acceptors (Lipinski definition) is 7. The van der Waals surface area contributed by atoms with Gasteiger partial charge in [0.05, 0.1) is 23.4 Å². The van der Waals surface area contributed by atoms with Gasteiger partial charge in [0.25, 0.3) is 21.8 Å². The summed E-state index contributed by atoms with van der Waals surface area (Å²) in [6.45, 7) is 1.91. The second-order valence-corrected chi connectivity index (χ2v) is 11.6. The van der Waals surface area contributed by atoms with E-state index in [2.05, 4.69) is 10.0 Å². The molecule has 0 spiro atoms. The number of imide groups is 1. The maximum absolute atomic E-state index is 13.7. The maximum Gasteiger partial charge on any atom is 0.283 e. The number of rotatable bonds is 9. The molecule has 1 heterocycles. The first-order valence-electron chi connectivity index (χ1n) is 12.2. The molecule has 10 heteroatoms. The predicted octanol–water partition coefficient (Wildman–Crippen LogP) is 5.79. The van der Waals surface area contributed by atoms with E-state index in [4.69, 9.17) is 4.74 Å². The van der Waals surface area contributed by atoms with Crippen molar-refractivity contribution in [2.24, 2.45) is 0 Å². The predicted molar refractivity (Wildman–Crippen MR) is 157 cm³/mol. The van der Waals surface area contributed by atoms with Gasteiger partial charge in [0, 0.05) is 10.6 Å². The molecule has 2 amide bonds. The van der Waals surface area contributed by atoms with Crippen molar-refractivity contribution in [3.05, 3.63) is 119 Å². The van der Waals surface area contributed by atoms with Gasteiger partial charge in [-0.2, -0.15) is 0 Å². The standard InChI is InChI=1S/C30H25N3O5S2/c1-20-16-17-26(38-2)25(18-20)31-27-28(30(35)33(29(27)34)22-11-5-3-6-12-22)39-23-13-9-10-21(19-23)32-40(36,37)24-14-7-4-8-15-24/h3-19,31-32H,1-2H3. The number of hydrogen-bond donors (Lipinski definition) is 2. The van der Waals surface area contributed by atoms with E-state index in [1.54, 1.807) is 78.9 Å². The molecule has 5 rings (SSSR count). The molecule has 0 atom stereocenters. The van der Waals surface area contributed by atoms with E-state index in [0.717, 1.165) is 22.2 Å². The van der Waals surface area contributed by atoms with Crippen molar-refractivity contribution in [2.45, 2.75) is 16.7 Å². The topological polar surface area (TPSA) is 105 Å². The Morgan fingerprint density at radius 3 is 2.20 bits per heavy atom. The molecule has 0 saturated carbocycles. The summed E-state index contributed by atoms with van der Waals surface area (Å²) in [5.41, 5.74) is 2.33. The summed E-state index contributed by atoms with van der Waals surface area (Å²) in [7, 11) is -2.28. The molecule has 2 N–H and O–H groups in total. The fourth-order valence-electron chi connectivity index (χ4n) is 4.13. The number of methoxy groups -OCH3 is 1. The molecule has 0 saturated heterocycles. The molecule has 0 bridgehead atoms. The van der Waals surface area contributed by atoms with Gasteiger partial charge in [0.2, 0.25) is 0 Å². The van der Waals surface area contributed by atoms with Crippen LogP contribution in [-0.2, 0) is 19.6 Å². The van der Waals surface area contributed by atoms with Crippen LogP contribution in [-0.4, -0.2) is 27.3 Å². The van der Waals surface area contributed by atoms with E-state index < -0.39 is 21.8 Å². The number of benzene rings is 4. The highest BCUT2D eigenvalue weighted by Gasteiger charge is 2.40. The van der Waals surface area contributed by atoms with Crippen molar-refractivity contribution >= 4 is 50.7 Å². The van der Waals surface area contributed by atoms with Gasteiger partial charge >= 0.3 is 0 Å². The molecule has 0 unspecified atom stereocenters. The Morgan fingerprint density at radius 2 is 1.50 bits per heavy atom. The number of ether oxygens (including phenoxy) is 1. The first-order chi connectivity index (χ1) is 19.3. The first kappa shape index (κ1) is 27.0. The summed E-state index contributed by atoms with van der Waals surface area (Å²) in [6, 6.07) is 28.9. The number of anilines is 3. The first-order valence-corrected chi connectivity index (χ1v) is 14.5. The van der Waals surface area contributed by atoms with Crippen LogP contribution in [0.15, 0.2) is 124 Å². The Balaban J connectivity index is 1.51. The van der Waals surface area contributed by atoms with Crippen LogP contribution in [0.2, 0.25) is 0 Å². The Hall–Kier alpha value is -4.54. The number of sulfonamides is 1. The van der Waals surface area contributed by atoms with Crippen LogP contribution in [0.3, 0.4) is 0 Å². The summed E-state index contributed by atoms with van der Waals surface area (Å²) in [5, 5.41) is 3.14.